The van der Waals surface area contributed by atoms with Crippen molar-refractivity contribution in [1.82, 2.24) is 0 Å². The molecule has 1 rings (SSSR count). The van der Waals surface area contributed by atoms with Crippen LogP contribution in [-0.4, -0.2) is 38.9 Å². The van der Waals surface area contributed by atoms with Crippen molar-refractivity contribution in [3.63, 3.8) is 0 Å². The average molecular weight is 297 g/mol. The zero-order valence-electron chi connectivity index (χ0n) is 11.0. The second-order valence-corrected chi connectivity index (χ2v) is 6.07. The molecule has 0 spiro atoms. The highest BCUT2D eigenvalue weighted by Crippen LogP contribution is 2.10. The molecule has 0 radical (unpaired) electrons. The third kappa shape index (κ3) is 4.85. The Morgan fingerprint density at radius 2 is 1.90 bits per heavy atom. The Morgan fingerprint density at radius 3 is 2.40 bits per heavy atom. The SMILES string of the molecule is C=CCS(=O)(=O)CC(=O)Nc1ccc(C(=O)OC)cc1. The highest BCUT2D eigenvalue weighted by atomic mass is 32.2. The minimum Gasteiger partial charge on any atom is -0.465 e. The van der Waals surface area contributed by atoms with E-state index in [0.717, 1.165) is 0 Å². The van der Waals surface area contributed by atoms with Crippen LogP contribution in [0.4, 0.5) is 5.69 Å². The first kappa shape index (κ1) is 15.9. The van der Waals surface area contributed by atoms with E-state index in [1.807, 2.05) is 0 Å². The summed E-state index contributed by atoms with van der Waals surface area (Å²) in [6.45, 7) is 3.32. The molecule has 1 aromatic rings. The van der Waals surface area contributed by atoms with Crippen LogP contribution in [-0.2, 0) is 19.4 Å². The first-order chi connectivity index (χ1) is 9.38. The van der Waals surface area contributed by atoms with Crippen LogP contribution in [0.5, 0.6) is 0 Å². The van der Waals surface area contributed by atoms with E-state index in [1.165, 1.54) is 37.5 Å². The van der Waals surface area contributed by atoms with Crippen molar-refractivity contribution in [3.05, 3.63) is 42.5 Å². The van der Waals surface area contributed by atoms with Crippen LogP contribution in [0.1, 0.15) is 10.4 Å². The van der Waals surface area contributed by atoms with Gasteiger partial charge in [-0.3, -0.25) is 4.79 Å². The van der Waals surface area contributed by atoms with Gasteiger partial charge in [-0.1, -0.05) is 6.08 Å². The number of methoxy groups -OCH3 is 1. The number of nitrogens with one attached hydrogen (secondary N) is 1. The number of carbonyl (C=O) groups excluding carboxylic acids is 2. The molecule has 108 valence electrons. The summed E-state index contributed by atoms with van der Waals surface area (Å²) in [5.41, 5.74) is 0.737. The smallest absolute Gasteiger partial charge is 0.337 e. The lowest BCUT2D eigenvalue weighted by molar-refractivity contribution is -0.113. The molecule has 0 aliphatic carbocycles. The fourth-order valence-electron chi connectivity index (χ4n) is 1.44. The number of rotatable bonds is 6. The lowest BCUT2D eigenvalue weighted by Gasteiger charge is -2.06. The Labute approximate surface area is 117 Å². The fraction of sp³-hybridized carbons (Fsp3) is 0.231. The maximum Gasteiger partial charge on any atom is 0.337 e. The molecule has 1 aromatic carbocycles. The van der Waals surface area contributed by atoms with Crippen LogP contribution in [0.15, 0.2) is 36.9 Å². The topological polar surface area (TPSA) is 89.5 Å². The van der Waals surface area contributed by atoms with E-state index in [1.54, 1.807) is 0 Å². The summed E-state index contributed by atoms with van der Waals surface area (Å²) in [4.78, 5) is 22.8. The van der Waals surface area contributed by atoms with Gasteiger partial charge < -0.3 is 10.1 Å². The standard InChI is InChI=1S/C13H15NO5S/c1-3-8-20(17,18)9-12(15)14-11-6-4-10(5-7-11)13(16)19-2/h3-7H,1,8-9H2,2H3,(H,14,15). The van der Waals surface area contributed by atoms with Crippen molar-refractivity contribution in [3.8, 4) is 0 Å². The number of carbonyl (C=O) groups is 2. The highest BCUT2D eigenvalue weighted by molar-refractivity contribution is 7.92. The van der Waals surface area contributed by atoms with Gasteiger partial charge in [-0.25, -0.2) is 13.2 Å². The van der Waals surface area contributed by atoms with Crippen LogP contribution in [0.2, 0.25) is 0 Å². The first-order valence-corrected chi connectivity index (χ1v) is 7.49. The van der Waals surface area contributed by atoms with Gasteiger partial charge in [0.25, 0.3) is 0 Å². The molecule has 6 nitrogen and oxygen atoms in total. The van der Waals surface area contributed by atoms with E-state index < -0.39 is 27.5 Å². The summed E-state index contributed by atoms with van der Waals surface area (Å²) in [5, 5.41) is 2.44. The zero-order valence-corrected chi connectivity index (χ0v) is 11.8. The van der Waals surface area contributed by atoms with Gasteiger partial charge in [-0.15, -0.1) is 6.58 Å². The van der Waals surface area contributed by atoms with Gasteiger partial charge in [0.1, 0.15) is 5.75 Å². The molecule has 20 heavy (non-hydrogen) atoms. The monoisotopic (exact) mass is 297 g/mol. The molecular weight excluding hydrogens is 282 g/mol. The number of anilines is 1. The van der Waals surface area contributed by atoms with Crippen LogP contribution >= 0.6 is 0 Å². The van der Waals surface area contributed by atoms with Gasteiger partial charge in [-0.2, -0.15) is 0 Å². The van der Waals surface area contributed by atoms with E-state index in [2.05, 4.69) is 16.6 Å². The van der Waals surface area contributed by atoms with Gasteiger partial charge in [0.05, 0.1) is 18.4 Å². The molecule has 0 saturated carbocycles. The second-order valence-electron chi connectivity index (χ2n) is 3.96. The Morgan fingerprint density at radius 1 is 1.30 bits per heavy atom. The van der Waals surface area contributed by atoms with Crippen LogP contribution in [0.25, 0.3) is 0 Å². The molecule has 0 unspecified atom stereocenters. The molecule has 0 aliphatic rings. The van der Waals surface area contributed by atoms with Gasteiger partial charge in [0, 0.05) is 5.69 Å². The number of esters is 1. The minimum atomic E-state index is -3.48. The van der Waals surface area contributed by atoms with E-state index in [9.17, 15) is 18.0 Å². The normalized spacial score (nSPS) is 10.7. The predicted octanol–water partition coefficient (Wildman–Crippen LogP) is 1.01. The van der Waals surface area contributed by atoms with Crippen LogP contribution in [0, 0.1) is 0 Å². The number of hydrogen-bond donors (Lipinski definition) is 1. The average Bonchev–Trinajstić information content (AvgIpc) is 2.37. The summed E-state index contributed by atoms with van der Waals surface area (Å²) in [7, 11) is -2.21. The third-order valence-electron chi connectivity index (χ3n) is 2.31. The summed E-state index contributed by atoms with van der Waals surface area (Å²) in [6.07, 6.45) is 1.23. The predicted molar refractivity (Wildman–Crippen MR) is 75.3 cm³/mol. The Bertz CT molecular complexity index is 604. The molecule has 0 atom stereocenters. The number of hydrogen-bond acceptors (Lipinski definition) is 5. The maximum atomic E-state index is 11.6. The summed E-state index contributed by atoms with van der Waals surface area (Å²) in [5.74, 6) is -1.99. The molecule has 0 aromatic heterocycles. The molecule has 0 fully saturated rings. The third-order valence-corrected chi connectivity index (χ3v) is 3.76. The molecule has 0 aliphatic heterocycles. The van der Waals surface area contributed by atoms with Gasteiger partial charge in [0.2, 0.25) is 5.91 Å². The van der Waals surface area contributed by atoms with Crippen LogP contribution < -0.4 is 5.32 Å². The quantitative estimate of drug-likeness (QED) is 0.625. The fourth-order valence-corrected chi connectivity index (χ4v) is 2.39. The van der Waals surface area contributed by atoms with E-state index in [0.29, 0.717) is 11.3 Å². The van der Waals surface area contributed by atoms with Crippen molar-refractivity contribution < 1.29 is 22.7 Å². The molecule has 1 N–H and O–H groups in total. The largest absolute Gasteiger partial charge is 0.465 e. The number of amides is 1. The van der Waals surface area contributed by atoms with Crippen molar-refractivity contribution in [2.24, 2.45) is 0 Å². The molecule has 0 heterocycles. The van der Waals surface area contributed by atoms with Crippen molar-refractivity contribution in [1.29, 1.82) is 0 Å². The van der Waals surface area contributed by atoms with Gasteiger partial charge in [0.15, 0.2) is 9.84 Å². The number of sulfone groups is 1. The minimum absolute atomic E-state index is 0.248. The van der Waals surface area contributed by atoms with Crippen LogP contribution in [0.3, 0.4) is 0 Å². The highest BCUT2D eigenvalue weighted by Gasteiger charge is 2.15. The van der Waals surface area contributed by atoms with E-state index in [-0.39, 0.29) is 5.75 Å². The summed E-state index contributed by atoms with van der Waals surface area (Å²) < 4.78 is 27.4. The number of benzene rings is 1. The lowest BCUT2D eigenvalue weighted by Crippen LogP contribution is -2.24. The van der Waals surface area contributed by atoms with E-state index in [4.69, 9.17) is 0 Å². The first-order valence-electron chi connectivity index (χ1n) is 5.67. The van der Waals surface area contributed by atoms with Gasteiger partial charge in [-0.05, 0) is 24.3 Å². The van der Waals surface area contributed by atoms with Crippen molar-refractivity contribution >= 4 is 27.4 Å². The summed E-state index contributed by atoms with van der Waals surface area (Å²) >= 11 is 0. The van der Waals surface area contributed by atoms with Crippen molar-refractivity contribution in [2.45, 2.75) is 0 Å². The summed E-state index contributed by atoms with van der Waals surface area (Å²) in [6, 6.07) is 5.92. The lowest BCUT2D eigenvalue weighted by atomic mass is 10.2. The zero-order chi connectivity index (χ0) is 15.2. The maximum absolute atomic E-state index is 11.6. The Balaban J connectivity index is 2.67. The van der Waals surface area contributed by atoms with Crippen molar-refractivity contribution in [2.75, 3.05) is 23.9 Å². The molecule has 1 amide bonds. The Kier molecular flexibility index (Phi) is 5.45. The second kappa shape index (κ2) is 6.85. The van der Waals surface area contributed by atoms with E-state index >= 15 is 0 Å². The Hall–Kier alpha value is -2.15. The molecule has 0 saturated heterocycles. The number of ether oxygens (including phenoxy) is 1. The van der Waals surface area contributed by atoms with Gasteiger partial charge >= 0.3 is 5.97 Å². The molecule has 7 heteroatoms. The molecule has 0 bridgehead atoms. The molecular formula is C13H15NO5S.